The van der Waals surface area contributed by atoms with E-state index in [9.17, 15) is 4.79 Å². The van der Waals surface area contributed by atoms with Crippen LogP contribution in [0.5, 0.6) is 5.75 Å². The maximum atomic E-state index is 11.6. The highest BCUT2D eigenvalue weighted by Gasteiger charge is 2.06. The molecule has 0 aliphatic heterocycles. The monoisotopic (exact) mass is 324 g/mol. The summed E-state index contributed by atoms with van der Waals surface area (Å²) < 4.78 is 10.5. The zero-order chi connectivity index (χ0) is 15.2. The Hall–Kier alpha value is -1.71. The highest BCUT2D eigenvalue weighted by atomic mass is 35.5. The Bertz CT molecular complexity index is 624. The van der Waals surface area contributed by atoms with Crippen LogP contribution in [0.3, 0.4) is 0 Å². The largest absolute Gasteiger partial charge is 0.482 e. The lowest BCUT2D eigenvalue weighted by Crippen LogP contribution is -2.14. The summed E-state index contributed by atoms with van der Waals surface area (Å²) in [6.45, 7) is 1.92. The molecule has 0 atom stereocenters. The smallest absolute Gasteiger partial charge is 0.344 e. The third-order valence-corrected chi connectivity index (χ3v) is 3.48. The topological polar surface area (TPSA) is 35.5 Å². The Morgan fingerprint density at radius 3 is 2.48 bits per heavy atom. The Balaban J connectivity index is 1.79. The normalized spacial score (nSPS) is 10.2. The maximum Gasteiger partial charge on any atom is 0.344 e. The average molecular weight is 325 g/mol. The second kappa shape index (κ2) is 7.34. The number of benzene rings is 2. The molecule has 110 valence electrons. The van der Waals surface area contributed by atoms with Crippen LogP contribution in [-0.2, 0) is 16.1 Å². The summed E-state index contributed by atoms with van der Waals surface area (Å²) >= 11 is 11.7. The molecule has 2 aromatic rings. The first kappa shape index (κ1) is 15.7. The van der Waals surface area contributed by atoms with Gasteiger partial charge in [0.05, 0.1) is 0 Å². The minimum absolute atomic E-state index is 0.144. The van der Waals surface area contributed by atoms with Crippen LogP contribution in [0.15, 0.2) is 42.5 Å². The van der Waals surface area contributed by atoms with Crippen molar-refractivity contribution in [2.75, 3.05) is 6.61 Å². The van der Waals surface area contributed by atoms with Gasteiger partial charge in [0.15, 0.2) is 6.61 Å². The molecule has 0 heterocycles. The van der Waals surface area contributed by atoms with Gasteiger partial charge in [-0.15, -0.1) is 0 Å². The number of ether oxygens (including phenoxy) is 2. The van der Waals surface area contributed by atoms with Crippen molar-refractivity contribution < 1.29 is 14.3 Å². The number of rotatable bonds is 5. The lowest BCUT2D eigenvalue weighted by Gasteiger charge is -2.08. The van der Waals surface area contributed by atoms with E-state index in [1.165, 1.54) is 0 Å². The van der Waals surface area contributed by atoms with Gasteiger partial charge in [0.1, 0.15) is 12.4 Å². The fourth-order valence-electron chi connectivity index (χ4n) is 1.64. The van der Waals surface area contributed by atoms with E-state index in [2.05, 4.69) is 0 Å². The summed E-state index contributed by atoms with van der Waals surface area (Å²) in [5, 5.41) is 1.30. The molecular weight excluding hydrogens is 311 g/mol. The summed E-state index contributed by atoms with van der Waals surface area (Å²) in [5.74, 6) is 0.151. The summed E-state index contributed by atoms with van der Waals surface area (Å²) in [5.41, 5.74) is 1.76. The van der Waals surface area contributed by atoms with E-state index < -0.39 is 5.97 Å². The minimum atomic E-state index is -0.433. The predicted molar refractivity (Wildman–Crippen MR) is 82.9 cm³/mol. The quantitative estimate of drug-likeness (QED) is 0.763. The Morgan fingerprint density at radius 1 is 1.10 bits per heavy atom. The van der Waals surface area contributed by atoms with Crippen LogP contribution in [0.25, 0.3) is 0 Å². The Kier molecular flexibility index (Phi) is 5.48. The van der Waals surface area contributed by atoms with Gasteiger partial charge in [0.2, 0.25) is 0 Å². The maximum absolute atomic E-state index is 11.6. The van der Waals surface area contributed by atoms with Crippen molar-refractivity contribution in [1.82, 2.24) is 0 Å². The minimum Gasteiger partial charge on any atom is -0.482 e. The zero-order valence-corrected chi connectivity index (χ0v) is 12.9. The number of halogens is 2. The number of aryl methyl sites for hydroxylation is 1. The van der Waals surface area contributed by atoms with Crippen molar-refractivity contribution in [2.24, 2.45) is 0 Å². The molecular formula is C16H14Cl2O3. The summed E-state index contributed by atoms with van der Waals surface area (Å²) in [6.07, 6.45) is 0. The average Bonchev–Trinajstić information content (AvgIpc) is 2.48. The SMILES string of the molecule is Cc1cc(OCC(=O)OCc2ccc(Cl)cc2)ccc1Cl. The van der Waals surface area contributed by atoms with Crippen LogP contribution in [0.1, 0.15) is 11.1 Å². The van der Waals surface area contributed by atoms with Gasteiger partial charge >= 0.3 is 5.97 Å². The first-order valence-electron chi connectivity index (χ1n) is 6.33. The van der Waals surface area contributed by atoms with E-state index in [0.717, 1.165) is 11.1 Å². The first-order valence-corrected chi connectivity index (χ1v) is 7.09. The van der Waals surface area contributed by atoms with Crippen LogP contribution in [0.4, 0.5) is 0 Å². The van der Waals surface area contributed by atoms with Crippen molar-refractivity contribution in [3.05, 3.63) is 63.6 Å². The summed E-state index contributed by atoms with van der Waals surface area (Å²) in [4.78, 5) is 11.6. The highest BCUT2D eigenvalue weighted by Crippen LogP contribution is 2.21. The molecule has 0 aromatic heterocycles. The predicted octanol–water partition coefficient (Wildman–Crippen LogP) is 4.42. The molecule has 0 unspecified atom stereocenters. The molecule has 0 saturated heterocycles. The molecule has 21 heavy (non-hydrogen) atoms. The highest BCUT2D eigenvalue weighted by molar-refractivity contribution is 6.31. The van der Waals surface area contributed by atoms with Crippen LogP contribution < -0.4 is 4.74 Å². The van der Waals surface area contributed by atoms with Gasteiger partial charge in [-0.25, -0.2) is 4.79 Å². The van der Waals surface area contributed by atoms with Crippen LogP contribution in [-0.4, -0.2) is 12.6 Å². The second-order valence-corrected chi connectivity index (χ2v) is 5.33. The van der Waals surface area contributed by atoms with Crippen molar-refractivity contribution in [1.29, 1.82) is 0 Å². The van der Waals surface area contributed by atoms with Gasteiger partial charge in [0, 0.05) is 10.0 Å². The molecule has 0 amide bonds. The molecule has 2 aromatic carbocycles. The molecule has 0 spiro atoms. The zero-order valence-electron chi connectivity index (χ0n) is 11.4. The Labute approximate surface area is 133 Å². The third kappa shape index (κ3) is 4.96. The van der Waals surface area contributed by atoms with Crippen LogP contribution >= 0.6 is 23.2 Å². The molecule has 0 bridgehead atoms. The second-order valence-electron chi connectivity index (χ2n) is 4.49. The third-order valence-electron chi connectivity index (χ3n) is 2.80. The van der Waals surface area contributed by atoms with Gasteiger partial charge in [-0.1, -0.05) is 35.3 Å². The lowest BCUT2D eigenvalue weighted by molar-refractivity contribution is -0.147. The van der Waals surface area contributed by atoms with Crippen molar-refractivity contribution in [3.8, 4) is 5.75 Å². The van der Waals surface area contributed by atoms with E-state index in [1.54, 1.807) is 42.5 Å². The van der Waals surface area contributed by atoms with Crippen molar-refractivity contribution in [3.63, 3.8) is 0 Å². The number of carbonyl (C=O) groups is 1. The molecule has 0 fully saturated rings. The summed E-state index contributed by atoms with van der Waals surface area (Å²) in [6, 6.07) is 12.3. The number of carbonyl (C=O) groups excluding carboxylic acids is 1. The fraction of sp³-hybridized carbons (Fsp3) is 0.188. The van der Waals surface area contributed by atoms with E-state index >= 15 is 0 Å². The molecule has 0 N–H and O–H groups in total. The standard InChI is InChI=1S/C16H14Cl2O3/c1-11-8-14(6-7-15(11)18)20-10-16(19)21-9-12-2-4-13(17)5-3-12/h2-8H,9-10H2,1H3. The van der Waals surface area contributed by atoms with E-state index in [1.807, 2.05) is 6.92 Å². The molecule has 0 aliphatic carbocycles. The fourth-order valence-corrected chi connectivity index (χ4v) is 1.88. The molecule has 5 heteroatoms. The van der Waals surface area contributed by atoms with E-state index in [4.69, 9.17) is 32.7 Å². The molecule has 0 radical (unpaired) electrons. The summed E-state index contributed by atoms with van der Waals surface area (Å²) in [7, 11) is 0. The molecule has 0 aliphatic rings. The van der Waals surface area contributed by atoms with Gasteiger partial charge in [-0.3, -0.25) is 0 Å². The van der Waals surface area contributed by atoms with Gasteiger partial charge in [-0.05, 0) is 48.4 Å². The number of hydrogen-bond acceptors (Lipinski definition) is 3. The van der Waals surface area contributed by atoms with E-state index in [-0.39, 0.29) is 13.2 Å². The van der Waals surface area contributed by atoms with Gasteiger partial charge in [-0.2, -0.15) is 0 Å². The van der Waals surface area contributed by atoms with Gasteiger partial charge in [0.25, 0.3) is 0 Å². The van der Waals surface area contributed by atoms with Crippen LogP contribution in [0, 0.1) is 6.92 Å². The van der Waals surface area contributed by atoms with Crippen LogP contribution in [0.2, 0.25) is 10.0 Å². The first-order chi connectivity index (χ1) is 10.0. The number of esters is 1. The molecule has 0 saturated carbocycles. The van der Waals surface area contributed by atoms with Gasteiger partial charge < -0.3 is 9.47 Å². The lowest BCUT2D eigenvalue weighted by atomic mass is 10.2. The van der Waals surface area contributed by atoms with E-state index in [0.29, 0.717) is 15.8 Å². The molecule has 2 rings (SSSR count). The van der Waals surface area contributed by atoms with Crippen molar-refractivity contribution in [2.45, 2.75) is 13.5 Å². The number of hydrogen-bond donors (Lipinski definition) is 0. The molecule has 3 nitrogen and oxygen atoms in total. The van der Waals surface area contributed by atoms with Crippen molar-refractivity contribution >= 4 is 29.2 Å². The Morgan fingerprint density at radius 2 is 1.81 bits per heavy atom.